The summed E-state index contributed by atoms with van der Waals surface area (Å²) in [4.78, 5) is 15.7. The Morgan fingerprint density at radius 3 is 1.23 bits per heavy atom. The van der Waals surface area contributed by atoms with E-state index in [1.807, 2.05) is 34.0 Å². The second kappa shape index (κ2) is 26.4. The molecule has 10 heteroatoms. The maximum absolute atomic E-state index is 5.89. The van der Waals surface area contributed by atoms with Gasteiger partial charge in [0.25, 0.3) is 0 Å². The number of benzene rings is 6. The Labute approximate surface area is 597 Å². The number of ether oxygens (including phenoxy) is 2. The van der Waals surface area contributed by atoms with Crippen molar-refractivity contribution < 1.29 is 9.47 Å². The number of thiophene rings is 3. The molecule has 6 aromatic heterocycles. The van der Waals surface area contributed by atoms with Gasteiger partial charge in [0.1, 0.15) is 5.75 Å². The molecule has 9 heterocycles. The van der Waals surface area contributed by atoms with Crippen LogP contribution in [0.1, 0.15) is 112 Å². The van der Waals surface area contributed by atoms with Gasteiger partial charge < -0.3 is 4.74 Å². The minimum absolute atomic E-state index is 0.109. The Balaban J connectivity index is 1.08. The topological polar surface area (TPSA) is 59.0 Å². The van der Waals surface area contributed by atoms with Crippen molar-refractivity contribution in [1.29, 1.82) is 0 Å². The minimum atomic E-state index is -0.163. The molecule has 15 rings (SSSR count). The van der Waals surface area contributed by atoms with E-state index in [9.17, 15) is 0 Å². The molecule has 0 spiro atoms. The summed E-state index contributed by atoms with van der Waals surface area (Å²) in [6.45, 7) is 27.1. The van der Waals surface area contributed by atoms with Gasteiger partial charge in [-0.25, -0.2) is 0 Å². The van der Waals surface area contributed by atoms with Gasteiger partial charge in [0.05, 0.1) is 7.11 Å². The SMILES string of the molecule is COc1ccc(C2=c3cc(-c4ccc(OC)cc4)c(s3)=c3ccc(s3)=c3ccc(s3)=CC3=NC(=C(c4c(C)cc(C)cc4C)c4ccc([se]4)C(c4c(C)cc(C)cc4C)=c4ccc([nH]4)=C(c4c(C)cc(C)cc4C)c4ccc([se]4)C(c4c(C)cc(C)cc4C)=C4C=CC2=N4)C=C3)cc1. The van der Waals surface area contributed by atoms with Crippen LogP contribution in [0.25, 0.3) is 45.1 Å². The molecule has 484 valence electrons. The van der Waals surface area contributed by atoms with Crippen LogP contribution in [-0.4, -0.2) is 59.6 Å². The van der Waals surface area contributed by atoms with Gasteiger partial charge in [0.15, 0.2) is 0 Å². The van der Waals surface area contributed by atoms with E-state index in [-0.39, 0.29) is 29.0 Å². The first-order valence-electron chi connectivity index (χ1n) is 33.2. The van der Waals surface area contributed by atoms with Crippen molar-refractivity contribution in [3.63, 3.8) is 0 Å². The third-order valence-electron chi connectivity index (χ3n) is 18.9. The maximum atomic E-state index is 5.89. The first-order valence-corrected chi connectivity index (χ1v) is 39.1. The second-order valence-electron chi connectivity index (χ2n) is 26.4. The molecule has 12 aromatic rings. The van der Waals surface area contributed by atoms with Crippen LogP contribution in [0.3, 0.4) is 0 Å². The van der Waals surface area contributed by atoms with Gasteiger partial charge in [0, 0.05) is 0 Å². The number of nitrogens with zero attached hydrogens (tertiary/aromatic N) is 2. The Morgan fingerprint density at radius 1 is 0.347 bits per heavy atom. The number of nitrogens with one attached hydrogen (secondary N) is 1. The summed E-state index contributed by atoms with van der Waals surface area (Å²) in [5.41, 5.74) is 33.3. The molecule has 98 heavy (non-hydrogen) atoms. The number of hydrogen-bond donors (Lipinski definition) is 1. The molecular formula is C88H75N3O2S3Se2. The van der Waals surface area contributed by atoms with Crippen LogP contribution >= 0.6 is 34.0 Å². The third-order valence-corrected chi connectivity index (χ3v) is 27.3. The van der Waals surface area contributed by atoms with Crippen LogP contribution in [0.15, 0.2) is 209 Å². The van der Waals surface area contributed by atoms with Gasteiger partial charge >= 0.3 is 585 Å². The van der Waals surface area contributed by atoms with Gasteiger partial charge in [0.2, 0.25) is 0 Å². The van der Waals surface area contributed by atoms with Gasteiger partial charge in [-0.1, -0.05) is 0 Å². The van der Waals surface area contributed by atoms with E-state index in [4.69, 9.17) is 19.5 Å². The summed E-state index contributed by atoms with van der Waals surface area (Å²) < 4.78 is 23.9. The molecule has 0 aliphatic carbocycles. The van der Waals surface area contributed by atoms with Crippen LogP contribution in [0.2, 0.25) is 0 Å². The summed E-state index contributed by atoms with van der Waals surface area (Å²) in [6, 6.07) is 61.7. The Bertz CT molecular complexity index is 5930. The zero-order chi connectivity index (χ0) is 67.9. The molecule has 1 N–H and O–H groups in total. The number of H-pyrrole nitrogens is 1. The molecule has 6 aromatic carbocycles. The molecule has 0 unspecified atom stereocenters. The predicted molar refractivity (Wildman–Crippen MR) is 417 cm³/mol. The van der Waals surface area contributed by atoms with Gasteiger partial charge in [-0.05, 0) is 0 Å². The van der Waals surface area contributed by atoms with Crippen LogP contribution < -0.4 is 29.2 Å². The summed E-state index contributed by atoms with van der Waals surface area (Å²) >= 11 is 5.21. The summed E-state index contributed by atoms with van der Waals surface area (Å²) in [5.74, 6) is 1.62. The standard InChI is InChI=1S/C88H75N3O2S3Se2/c1-47-37-51(5)79(52(6)38-47)84-67-25-19-61(89-67)45-64-24-30-71(94-64)72-31-32-73(95-72)88-65(59-15-20-62(92-13)21-16-59)46-74(96-88)83(60-17-22-63(93-14)23-18-60)66-26-27-68(90-66)85(80-53(7)39-48(2)40-54(80)8)76-35-36-78(98-76)87(82-57(11)43-50(4)44-58(82)12)70-29-28-69(91-70)86(77-34-33-75(84)97-77)81-55(9)41-49(3)42-56(81)10/h15-46,91H,1-14H3. The van der Waals surface area contributed by atoms with E-state index in [0.29, 0.717) is 0 Å². The van der Waals surface area contributed by atoms with Crippen LogP contribution in [0.4, 0.5) is 0 Å². The third kappa shape index (κ3) is 12.2. The molecule has 0 fully saturated rings. The van der Waals surface area contributed by atoms with Crippen molar-refractivity contribution in [2.75, 3.05) is 14.2 Å². The summed E-state index contributed by atoms with van der Waals surface area (Å²) in [7, 11) is 3.46. The van der Waals surface area contributed by atoms with Gasteiger partial charge in [-0.2, -0.15) is 0 Å². The number of methoxy groups -OCH3 is 2. The monoisotopic (exact) mass is 1460 g/mol. The van der Waals surface area contributed by atoms with Crippen molar-refractivity contribution in [1.82, 2.24) is 4.98 Å². The van der Waals surface area contributed by atoms with Crippen LogP contribution in [-0.2, 0) is 0 Å². The number of aryl methyl sites for hydroxylation is 12. The summed E-state index contributed by atoms with van der Waals surface area (Å²) in [6.07, 6.45) is 11.2. The van der Waals surface area contributed by atoms with Crippen LogP contribution in [0, 0.1) is 101 Å². The molecule has 0 saturated carbocycles. The van der Waals surface area contributed by atoms with E-state index < -0.39 is 0 Å². The Hall–Kier alpha value is -8.92. The number of aromatic amines is 1. The number of aliphatic imine (C=N–C) groups is 2. The molecule has 0 amide bonds. The van der Waals surface area contributed by atoms with Gasteiger partial charge in [-0.3, -0.25) is 0 Å². The van der Waals surface area contributed by atoms with Gasteiger partial charge in [-0.15, -0.1) is 0 Å². The van der Waals surface area contributed by atoms with E-state index in [2.05, 4.69) is 282 Å². The number of hydrogen-bond acceptors (Lipinski definition) is 7. The van der Waals surface area contributed by atoms with Crippen molar-refractivity contribution in [3.05, 3.63) is 350 Å². The fourth-order valence-electron chi connectivity index (χ4n) is 15.1. The first kappa shape index (κ1) is 65.0. The molecular weight excluding hydrogens is 1390 g/mol. The average Bonchev–Trinajstić information content (AvgIpc) is 1.57. The molecule has 0 saturated heterocycles. The zero-order valence-corrected chi connectivity index (χ0v) is 63.6. The van der Waals surface area contributed by atoms with Crippen molar-refractivity contribution in [2.45, 2.75) is 83.1 Å². The fourth-order valence-corrected chi connectivity index (χ4v) is 23.3. The van der Waals surface area contributed by atoms with Crippen molar-refractivity contribution in [2.24, 2.45) is 9.98 Å². The first-order chi connectivity index (χ1) is 47.3. The number of rotatable bonds is 8. The molecule has 16 bridgehead atoms. The van der Waals surface area contributed by atoms with Crippen LogP contribution in [0.5, 0.6) is 11.5 Å². The normalized spacial score (nSPS) is 13.8. The average molecular weight is 1460 g/mol. The fraction of sp³-hybridized carbons (Fsp3) is 0.159. The quantitative estimate of drug-likeness (QED) is 0.154. The number of fused-ring (bicyclic) bond motifs is 14. The predicted octanol–water partition coefficient (Wildman–Crippen LogP) is 18.0. The molecule has 0 atom stereocenters. The van der Waals surface area contributed by atoms with Crippen molar-refractivity contribution in [3.8, 4) is 22.6 Å². The molecule has 3 aliphatic rings. The molecule has 0 radical (unpaired) electrons. The molecule has 3 aliphatic heterocycles. The zero-order valence-electron chi connectivity index (χ0n) is 57.7. The van der Waals surface area contributed by atoms with E-state index in [0.717, 1.165) is 76.3 Å². The second-order valence-corrected chi connectivity index (χ2v) is 34.2. The van der Waals surface area contributed by atoms with E-state index in [1.54, 1.807) is 14.2 Å². The van der Waals surface area contributed by atoms with Crippen molar-refractivity contribution >= 4 is 108 Å². The summed E-state index contributed by atoms with van der Waals surface area (Å²) in [5, 5.41) is 2.22. The number of aromatic nitrogens is 1. The Kier molecular flexibility index (Phi) is 17.5. The Morgan fingerprint density at radius 2 is 0.755 bits per heavy atom. The number of allylic oxidation sites excluding steroid dienone is 4. The van der Waals surface area contributed by atoms with E-state index >= 15 is 0 Å². The van der Waals surface area contributed by atoms with E-state index in [1.165, 1.54) is 147 Å². The molecule has 5 nitrogen and oxygen atoms in total.